The van der Waals surface area contributed by atoms with Gasteiger partial charge in [-0.1, -0.05) is 30.3 Å². The Kier molecular flexibility index (Phi) is 3.48. The number of benzene rings is 1. The molecular formula is C10H11NO2P2. The summed E-state index contributed by atoms with van der Waals surface area (Å²) in [6, 6.07) is 9.71. The molecule has 1 N–H and O–H groups in total. The second-order valence-electron chi connectivity index (χ2n) is 3.38. The molecule has 1 aromatic carbocycles. The van der Waals surface area contributed by atoms with Gasteiger partial charge in [-0.2, -0.15) is 4.44 Å². The number of aliphatic carboxylic acids is 1. The number of aryl methyl sites for hydroxylation is 1. The lowest BCUT2D eigenvalue weighted by molar-refractivity contribution is -0.140. The van der Waals surface area contributed by atoms with Gasteiger partial charge in [-0.25, -0.2) is 0 Å². The number of carbonyl (C=O) groups is 1. The van der Waals surface area contributed by atoms with E-state index in [-0.39, 0.29) is 6.04 Å². The highest BCUT2D eigenvalue weighted by Crippen LogP contribution is 2.48. The second kappa shape index (κ2) is 4.85. The lowest BCUT2D eigenvalue weighted by atomic mass is 10.1. The largest absolute Gasteiger partial charge is 0.480 e. The number of rotatable bonds is 5. The molecule has 78 valence electrons. The summed E-state index contributed by atoms with van der Waals surface area (Å²) < 4.78 is 1.94. The molecule has 1 aromatic rings. The Balaban J connectivity index is 1.88. The molecule has 0 saturated carbocycles. The highest BCUT2D eigenvalue weighted by atomic mass is 31.8. The van der Waals surface area contributed by atoms with Crippen molar-refractivity contribution < 1.29 is 9.90 Å². The van der Waals surface area contributed by atoms with Crippen LogP contribution in [0.3, 0.4) is 0 Å². The van der Waals surface area contributed by atoms with Crippen LogP contribution >= 0.6 is 16.0 Å². The van der Waals surface area contributed by atoms with Crippen LogP contribution < -0.4 is 0 Å². The van der Waals surface area contributed by atoms with Gasteiger partial charge < -0.3 is 5.11 Å². The molecule has 15 heavy (non-hydrogen) atoms. The summed E-state index contributed by atoms with van der Waals surface area (Å²) >= 11 is 0. The fourth-order valence-electron chi connectivity index (χ4n) is 1.43. The molecule has 1 aliphatic rings. The predicted molar refractivity (Wildman–Crippen MR) is 61.9 cm³/mol. The summed E-state index contributed by atoms with van der Waals surface area (Å²) in [6.45, 7) is 0. The van der Waals surface area contributed by atoms with Crippen LogP contribution in [0.4, 0.5) is 0 Å². The maximum absolute atomic E-state index is 11.0. The van der Waals surface area contributed by atoms with Gasteiger partial charge in [0, 0.05) is 16.0 Å². The molecule has 1 atom stereocenters. The van der Waals surface area contributed by atoms with E-state index >= 15 is 0 Å². The summed E-state index contributed by atoms with van der Waals surface area (Å²) in [6.07, 6.45) is 1.53. The number of carboxylic acid groups (broad SMARTS) is 1. The molecule has 0 aromatic heterocycles. The quantitative estimate of drug-likeness (QED) is 0.803. The molecule has 0 bridgehead atoms. The molecule has 0 fully saturated rings. The van der Waals surface area contributed by atoms with Crippen molar-refractivity contribution in [2.45, 2.75) is 18.9 Å². The highest BCUT2D eigenvalue weighted by molar-refractivity contribution is 7.97. The van der Waals surface area contributed by atoms with Gasteiger partial charge in [0.25, 0.3) is 0 Å². The van der Waals surface area contributed by atoms with Crippen LogP contribution in [0.15, 0.2) is 30.3 Å². The van der Waals surface area contributed by atoms with Gasteiger partial charge in [-0.3, -0.25) is 4.79 Å². The standard InChI is InChI=1S/C10H11NO2P2/c12-10(13)9(11-14-15-11)7-6-8-4-2-1-3-5-8/h1-5,9H,6-7H2,(H,12,13)/t9-/m0/s1. The number of nitrogens with zero attached hydrogens (tertiary/aromatic N) is 1. The van der Waals surface area contributed by atoms with Crippen molar-refractivity contribution in [1.29, 1.82) is 0 Å². The first kappa shape index (κ1) is 10.8. The topological polar surface area (TPSA) is 40.3 Å². The van der Waals surface area contributed by atoms with E-state index in [9.17, 15) is 4.79 Å². The molecule has 1 aliphatic heterocycles. The first-order valence-corrected chi connectivity index (χ1v) is 7.15. The zero-order chi connectivity index (χ0) is 10.7. The minimum Gasteiger partial charge on any atom is -0.480 e. The smallest absolute Gasteiger partial charge is 0.322 e. The van der Waals surface area contributed by atoms with Gasteiger partial charge in [0.05, 0.1) is 0 Å². The van der Waals surface area contributed by atoms with E-state index in [4.69, 9.17) is 5.11 Å². The van der Waals surface area contributed by atoms with Crippen molar-refractivity contribution >= 4 is 22.0 Å². The molecule has 2 rings (SSSR count). The summed E-state index contributed by atoms with van der Waals surface area (Å²) in [5.41, 5.74) is 1.21. The van der Waals surface area contributed by atoms with E-state index in [1.165, 1.54) is 5.56 Å². The monoisotopic (exact) mass is 239 g/mol. The van der Waals surface area contributed by atoms with Crippen molar-refractivity contribution in [3.63, 3.8) is 0 Å². The molecule has 0 spiro atoms. The van der Waals surface area contributed by atoms with Crippen LogP contribution in [0.25, 0.3) is 0 Å². The van der Waals surface area contributed by atoms with Gasteiger partial charge >= 0.3 is 5.97 Å². The van der Waals surface area contributed by atoms with Crippen LogP contribution in [-0.2, 0) is 11.2 Å². The molecule has 1 heterocycles. The number of hydrogen-bond donors (Lipinski definition) is 1. The Morgan fingerprint density at radius 1 is 1.33 bits per heavy atom. The molecule has 0 amide bonds. The summed E-state index contributed by atoms with van der Waals surface area (Å²) in [5.74, 6) is -0.705. The zero-order valence-corrected chi connectivity index (χ0v) is 9.86. The van der Waals surface area contributed by atoms with Crippen molar-refractivity contribution in [3.8, 4) is 0 Å². The fraction of sp³-hybridized carbons (Fsp3) is 0.300. The summed E-state index contributed by atoms with van der Waals surface area (Å²) in [7, 11) is 2.25. The lowest BCUT2D eigenvalue weighted by Crippen LogP contribution is -2.26. The highest BCUT2D eigenvalue weighted by Gasteiger charge is 2.29. The molecule has 3 nitrogen and oxygen atoms in total. The Hall–Kier alpha value is -0.750. The van der Waals surface area contributed by atoms with Gasteiger partial charge in [0.2, 0.25) is 0 Å². The van der Waals surface area contributed by atoms with E-state index in [1.54, 1.807) is 0 Å². The number of carboxylic acids is 1. The van der Waals surface area contributed by atoms with E-state index in [0.717, 1.165) is 22.5 Å². The van der Waals surface area contributed by atoms with Crippen LogP contribution in [0.5, 0.6) is 0 Å². The molecular weight excluding hydrogens is 228 g/mol. The Morgan fingerprint density at radius 3 is 2.53 bits per heavy atom. The van der Waals surface area contributed by atoms with Crippen LogP contribution in [0, 0.1) is 0 Å². The second-order valence-corrected chi connectivity index (χ2v) is 5.99. The lowest BCUT2D eigenvalue weighted by Gasteiger charge is -2.11. The normalized spacial score (nSPS) is 22.0. The first-order valence-electron chi connectivity index (χ1n) is 4.75. The van der Waals surface area contributed by atoms with Gasteiger partial charge in [0.1, 0.15) is 6.04 Å². The summed E-state index contributed by atoms with van der Waals surface area (Å²) in [4.78, 5) is 11.0. The third-order valence-corrected chi connectivity index (χ3v) is 4.41. The first-order chi connectivity index (χ1) is 7.27. The van der Waals surface area contributed by atoms with Crippen molar-refractivity contribution in [2.24, 2.45) is 0 Å². The van der Waals surface area contributed by atoms with Crippen LogP contribution in [-0.4, -0.2) is 21.6 Å². The minimum absolute atomic E-state index is 0.312. The van der Waals surface area contributed by atoms with Crippen molar-refractivity contribution in [2.75, 3.05) is 0 Å². The van der Waals surface area contributed by atoms with Crippen molar-refractivity contribution in [3.05, 3.63) is 35.9 Å². The Bertz CT molecular complexity index is 374. The van der Waals surface area contributed by atoms with E-state index in [0.29, 0.717) is 6.42 Å². The molecule has 0 unspecified atom stereocenters. The van der Waals surface area contributed by atoms with Gasteiger partial charge in [-0.05, 0) is 18.4 Å². The maximum Gasteiger partial charge on any atom is 0.322 e. The average Bonchev–Trinajstić information content (AvgIpc) is 3.03. The molecule has 0 aliphatic carbocycles. The van der Waals surface area contributed by atoms with Crippen LogP contribution in [0.1, 0.15) is 12.0 Å². The van der Waals surface area contributed by atoms with E-state index < -0.39 is 5.97 Å². The zero-order valence-electron chi connectivity index (χ0n) is 8.08. The number of hydrogen-bond acceptors (Lipinski definition) is 2. The molecule has 5 heteroatoms. The minimum atomic E-state index is -0.705. The summed E-state index contributed by atoms with van der Waals surface area (Å²) in [5, 5.41) is 9.01. The molecule has 0 radical (unpaired) electrons. The Morgan fingerprint density at radius 2 is 2.00 bits per heavy atom. The van der Waals surface area contributed by atoms with Crippen molar-refractivity contribution in [1.82, 2.24) is 4.44 Å². The maximum atomic E-state index is 11.0. The molecule has 0 saturated heterocycles. The van der Waals surface area contributed by atoms with E-state index in [2.05, 4.69) is 0 Å². The third kappa shape index (κ3) is 3.10. The van der Waals surface area contributed by atoms with E-state index in [1.807, 2.05) is 34.8 Å². The Labute approximate surface area is 91.6 Å². The predicted octanol–water partition coefficient (Wildman–Crippen LogP) is 3.03. The van der Waals surface area contributed by atoms with Gasteiger partial charge in [-0.15, -0.1) is 0 Å². The average molecular weight is 239 g/mol. The third-order valence-electron chi connectivity index (χ3n) is 2.31. The van der Waals surface area contributed by atoms with Crippen LogP contribution in [0.2, 0.25) is 0 Å². The SMILES string of the molecule is O=C(O)[C@H](CCc1ccccc1)N1P=P1. The fourth-order valence-corrected chi connectivity index (χ4v) is 3.04. The van der Waals surface area contributed by atoms with Gasteiger partial charge in [0.15, 0.2) is 0 Å².